The molecular weight excluding hydrogens is 926 g/mol. The van der Waals surface area contributed by atoms with Gasteiger partial charge in [-0.15, -0.1) is 49.6 Å². The van der Waals surface area contributed by atoms with Crippen molar-refractivity contribution >= 4 is 49.6 Å². The third-order valence-corrected chi connectivity index (χ3v) is 12.2. The van der Waals surface area contributed by atoms with Gasteiger partial charge in [-0.05, 0) is 97.9 Å². The summed E-state index contributed by atoms with van der Waals surface area (Å²) in [5, 5.41) is 38.3. The van der Waals surface area contributed by atoms with Crippen molar-refractivity contribution in [1.82, 2.24) is 0 Å². The molecule has 0 aliphatic rings. The Hall–Kier alpha value is -2.76. The fourth-order valence-corrected chi connectivity index (χ4v) is 7.98. The maximum absolute atomic E-state index is 9.58. The minimum Gasteiger partial charge on any atom is -0.508 e. The number of benzene rings is 4. The highest BCUT2D eigenvalue weighted by molar-refractivity contribution is 5.86. The molecule has 4 aromatic carbocycles. The molecule has 0 atom stereocenters. The Morgan fingerprint density at radius 1 is 0.221 bits per heavy atom. The van der Waals surface area contributed by atoms with E-state index in [0.717, 1.165) is 47.9 Å². The highest BCUT2D eigenvalue weighted by Crippen LogP contribution is 2.22. The molecule has 0 aliphatic carbocycles. The maximum Gasteiger partial charge on any atom is 0.118 e. The summed E-state index contributed by atoms with van der Waals surface area (Å²) in [5.41, 5.74) is 4.37. The number of rotatable bonds is 32. The smallest absolute Gasteiger partial charge is 0.118 e. The van der Waals surface area contributed by atoms with Crippen molar-refractivity contribution in [2.75, 3.05) is 0 Å². The molecule has 68 heavy (non-hydrogen) atoms. The summed E-state index contributed by atoms with van der Waals surface area (Å²) in [6, 6.07) is 30.7. The van der Waals surface area contributed by atoms with Crippen molar-refractivity contribution < 1.29 is 20.4 Å². The van der Waals surface area contributed by atoms with Gasteiger partial charge in [-0.25, -0.2) is 0 Å². The van der Waals surface area contributed by atoms with Gasteiger partial charge in [0.05, 0.1) is 0 Å². The summed E-state index contributed by atoms with van der Waals surface area (Å²) >= 11 is 0. The second-order valence-electron chi connectivity index (χ2n) is 18.0. The molecular formula is C60H100Cl4O4. The molecule has 0 fully saturated rings. The first-order valence-corrected chi connectivity index (χ1v) is 26.4. The first-order valence-electron chi connectivity index (χ1n) is 26.4. The average molecular weight is 1030 g/mol. The van der Waals surface area contributed by atoms with Gasteiger partial charge in [0.25, 0.3) is 0 Å². The van der Waals surface area contributed by atoms with Crippen molar-refractivity contribution in [1.29, 1.82) is 0 Å². The number of halogens is 4. The molecule has 0 saturated carbocycles. The molecule has 0 aliphatic heterocycles. The van der Waals surface area contributed by atoms with E-state index in [1.807, 2.05) is 72.8 Å². The number of hydrogen-bond acceptors (Lipinski definition) is 4. The van der Waals surface area contributed by atoms with Crippen LogP contribution in [0.3, 0.4) is 0 Å². The minimum absolute atomic E-state index is 0. The summed E-state index contributed by atoms with van der Waals surface area (Å²) in [4.78, 5) is 0. The predicted molar refractivity (Wildman–Crippen MR) is 308 cm³/mol. The molecule has 0 spiro atoms. The van der Waals surface area contributed by atoms with Gasteiger partial charge in [-0.1, -0.05) is 255 Å². The lowest BCUT2D eigenvalue weighted by atomic mass is 10.0. The van der Waals surface area contributed by atoms with Crippen LogP contribution in [-0.4, -0.2) is 20.4 Å². The Labute approximate surface area is 443 Å². The van der Waals surface area contributed by atoms with E-state index < -0.39 is 0 Å². The maximum atomic E-state index is 9.58. The number of unbranched alkanes of at least 4 members (excludes halogenated alkanes) is 24. The van der Waals surface area contributed by atoms with Gasteiger partial charge in [0.1, 0.15) is 23.0 Å². The Bertz CT molecular complexity index is 1380. The molecule has 4 aromatic rings. The minimum atomic E-state index is 0. The first-order chi connectivity index (χ1) is 31.4. The second kappa shape index (κ2) is 53.6. The second-order valence-corrected chi connectivity index (χ2v) is 18.0. The van der Waals surface area contributed by atoms with Crippen LogP contribution in [-0.2, 0) is 25.7 Å². The highest BCUT2D eigenvalue weighted by atomic mass is 35.5. The molecule has 4 nitrogen and oxygen atoms in total. The molecule has 0 bridgehead atoms. The van der Waals surface area contributed by atoms with Crippen LogP contribution >= 0.6 is 49.6 Å². The Balaban J connectivity index is -0.000000394. The van der Waals surface area contributed by atoms with Crippen molar-refractivity contribution in [3.8, 4) is 23.0 Å². The van der Waals surface area contributed by atoms with Gasteiger partial charge in [0.2, 0.25) is 0 Å². The average Bonchev–Trinajstić information content (AvgIpc) is 3.31. The van der Waals surface area contributed by atoms with E-state index in [1.54, 1.807) is 24.3 Å². The summed E-state index contributed by atoms with van der Waals surface area (Å²) in [6.45, 7) is 8.99. The number of aryl methyl sites for hydroxylation is 4. The van der Waals surface area contributed by atoms with Crippen molar-refractivity contribution in [2.24, 2.45) is 0 Å². The van der Waals surface area contributed by atoms with Crippen molar-refractivity contribution in [3.05, 3.63) is 119 Å². The van der Waals surface area contributed by atoms with Gasteiger partial charge in [0, 0.05) is 0 Å². The first kappa shape index (κ1) is 71.8. The molecule has 0 saturated heterocycles. The summed E-state index contributed by atoms with van der Waals surface area (Å²) in [6.07, 6.45) is 41.1. The van der Waals surface area contributed by atoms with Crippen LogP contribution < -0.4 is 0 Å². The van der Waals surface area contributed by atoms with Gasteiger partial charge in [-0.2, -0.15) is 0 Å². The van der Waals surface area contributed by atoms with Crippen LogP contribution in [0, 0.1) is 0 Å². The number of hydrogen-bond donors (Lipinski definition) is 4. The van der Waals surface area contributed by atoms with Crippen LogP contribution in [0.25, 0.3) is 0 Å². The number of para-hydroxylation sites is 4. The topological polar surface area (TPSA) is 80.9 Å². The van der Waals surface area contributed by atoms with Gasteiger partial charge < -0.3 is 20.4 Å². The molecule has 0 unspecified atom stereocenters. The van der Waals surface area contributed by atoms with Crippen LogP contribution in [0.4, 0.5) is 0 Å². The molecule has 392 valence electrons. The fraction of sp³-hybridized carbons (Fsp3) is 0.600. The molecule has 0 aromatic heterocycles. The van der Waals surface area contributed by atoms with E-state index in [9.17, 15) is 20.4 Å². The molecule has 0 radical (unpaired) electrons. The zero-order valence-corrected chi connectivity index (χ0v) is 46.6. The molecule has 4 N–H and O–H groups in total. The third-order valence-electron chi connectivity index (χ3n) is 12.2. The third kappa shape index (κ3) is 41.1. The molecule has 0 heterocycles. The summed E-state index contributed by atoms with van der Waals surface area (Å²) in [5.74, 6) is 1.81. The van der Waals surface area contributed by atoms with E-state index in [0.29, 0.717) is 23.0 Å². The van der Waals surface area contributed by atoms with Gasteiger partial charge >= 0.3 is 0 Å². The van der Waals surface area contributed by atoms with E-state index in [2.05, 4.69) is 27.7 Å². The van der Waals surface area contributed by atoms with E-state index >= 15 is 0 Å². The van der Waals surface area contributed by atoms with Gasteiger partial charge in [-0.3, -0.25) is 0 Å². The van der Waals surface area contributed by atoms with E-state index in [1.165, 1.54) is 180 Å². The lowest BCUT2D eigenvalue weighted by molar-refractivity contribution is 0.465. The molecule has 4 rings (SSSR count). The predicted octanol–water partition coefficient (Wildman–Crippen LogP) is 20.4. The van der Waals surface area contributed by atoms with Crippen molar-refractivity contribution in [2.45, 2.75) is 233 Å². The summed E-state index contributed by atoms with van der Waals surface area (Å²) in [7, 11) is 0. The van der Waals surface area contributed by atoms with Crippen LogP contribution in [0.5, 0.6) is 23.0 Å². The fourth-order valence-electron chi connectivity index (χ4n) is 7.98. The Morgan fingerprint density at radius 2 is 0.368 bits per heavy atom. The quantitative estimate of drug-likeness (QED) is 0.0368. The van der Waals surface area contributed by atoms with Crippen molar-refractivity contribution in [3.63, 3.8) is 0 Å². The zero-order valence-electron chi connectivity index (χ0n) is 43.3. The van der Waals surface area contributed by atoms with E-state index in [-0.39, 0.29) is 49.6 Å². The largest absolute Gasteiger partial charge is 0.508 e. The standard InChI is InChI=1S/4C15H24O.4ClH/c4*1-2-3-4-5-6-7-8-11-14-12-9-10-13-15(14)16;;;;/h4*9-10,12-13,16H,2-8,11H2,1H3;4*1H. The van der Waals surface area contributed by atoms with E-state index in [4.69, 9.17) is 0 Å². The monoisotopic (exact) mass is 1020 g/mol. The van der Waals surface area contributed by atoms with Crippen LogP contribution in [0.1, 0.15) is 230 Å². The number of aromatic hydroxyl groups is 4. The number of phenols is 4. The normalized spacial score (nSPS) is 9.94. The van der Waals surface area contributed by atoms with Crippen LogP contribution in [0.2, 0.25) is 0 Å². The Morgan fingerprint density at radius 3 is 0.529 bits per heavy atom. The lowest BCUT2D eigenvalue weighted by Gasteiger charge is -2.04. The van der Waals surface area contributed by atoms with Crippen LogP contribution in [0.15, 0.2) is 97.1 Å². The highest BCUT2D eigenvalue weighted by Gasteiger charge is 2.02. The molecule has 0 amide bonds. The number of phenolic OH excluding ortho intramolecular Hbond substituents is 4. The summed E-state index contributed by atoms with van der Waals surface area (Å²) < 4.78 is 0. The lowest BCUT2D eigenvalue weighted by Crippen LogP contribution is -1.87. The Kier molecular flexibility index (Phi) is 56.6. The molecule has 8 heteroatoms. The SMILES string of the molecule is CCCCCCCCCc1ccccc1O.CCCCCCCCCc1ccccc1O.CCCCCCCCCc1ccccc1O.CCCCCCCCCc1ccccc1O.Cl.Cl.Cl.Cl. The van der Waals surface area contributed by atoms with Gasteiger partial charge in [0.15, 0.2) is 0 Å². The zero-order chi connectivity index (χ0) is 46.6.